The van der Waals surface area contributed by atoms with E-state index in [9.17, 15) is 4.79 Å². The predicted molar refractivity (Wildman–Crippen MR) is 67.6 cm³/mol. The van der Waals surface area contributed by atoms with Crippen LogP contribution in [0.3, 0.4) is 0 Å². The SMILES string of the molecule is COc1ccccc1-c1ccc(CC(=O)O)s1. The Morgan fingerprint density at radius 2 is 2.06 bits per heavy atom. The monoisotopic (exact) mass is 248 g/mol. The summed E-state index contributed by atoms with van der Waals surface area (Å²) in [6.07, 6.45) is 0.0693. The minimum atomic E-state index is -0.807. The van der Waals surface area contributed by atoms with Gasteiger partial charge in [-0.1, -0.05) is 12.1 Å². The summed E-state index contributed by atoms with van der Waals surface area (Å²) in [5, 5.41) is 8.73. The molecule has 0 unspecified atom stereocenters. The highest BCUT2D eigenvalue weighted by atomic mass is 32.1. The van der Waals surface area contributed by atoms with Gasteiger partial charge in [-0.3, -0.25) is 4.79 Å². The zero-order chi connectivity index (χ0) is 12.3. The van der Waals surface area contributed by atoms with Gasteiger partial charge in [0, 0.05) is 15.3 Å². The van der Waals surface area contributed by atoms with E-state index < -0.39 is 5.97 Å². The highest BCUT2D eigenvalue weighted by Gasteiger charge is 2.09. The molecule has 0 aliphatic carbocycles. The van der Waals surface area contributed by atoms with Crippen molar-refractivity contribution in [1.82, 2.24) is 0 Å². The molecular weight excluding hydrogens is 236 g/mol. The van der Waals surface area contributed by atoms with E-state index in [1.165, 1.54) is 11.3 Å². The number of methoxy groups -OCH3 is 1. The molecule has 0 aliphatic rings. The molecule has 2 aromatic rings. The molecule has 0 spiro atoms. The summed E-state index contributed by atoms with van der Waals surface area (Å²) in [6.45, 7) is 0. The molecule has 0 radical (unpaired) electrons. The molecule has 0 amide bonds. The van der Waals surface area contributed by atoms with Crippen molar-refractivity contribution >= 4 is 17.3 Å². The van der Waals surface area contributed by atoms with Gasteiger partial charge < -0.3 is 9.84 Å². The smallest absolute Gasteiger partial charge is 0.308 e. The largest absolute Gasteiger partial charge is 0.496 e. The summed E-state index contributed by atoms with van der Waals surface area (Å²) in [5.74, 6) is -0.00495. The van der Waals surface area contributed by atoms with Crippen LogP contribution in [0.5, 0.6) is 5.75 Å². The average molecular weight is 248 g/mol. The van der Waals surface area contributed by atoms with E-state index in [4.69, 9.17) is 9.84 Å². The lowest BCUT2D eigenvalue weighted by Gasteiger charge is -2.05. The number of thiophene rings is 1. The van der Waals surface area contributed by atoms with Crippen molar-refractivity contribution < 1.29 is 14.6 Å². The summed E-state index contributed by atoms with van der Waals surface area (Å²) in [4.78, 5) is 12.5. The highest BCUT2D eigenvalue weighted by molar-refractivity contribution is 7.15. The predicted octanol–water partition coefficient (Wildman–Crippen LogP) is 3.05. The summed E-state index contributed by atoms with van der Waals surface area (Å²) < 4.78 is 5.28. The first kappa shape index (κ1) is 11.7. The third-order valence-electron chi connectivity index (χ3n) is 2.36. The van der Waals surface area contributed by atoms with Crippen LogP contribution in [0.25, 0.3) is 10.4 Å². The van der Waals surface area contributed by atoms with E-state index in [-0.39, 0.29) is 6.42 Å². The van der Waals surface area contributed by atoms with E-state index in [0.29, 0.717) is 0 Å². The number of ether oxygens (including phenoxy) is 1. The van der Waals surface area contributed by atoms with Crippen LogP contribution in [0, 0.1) is 0 Å². The number of carbonyl (C=O) groups is 1. The number of carboxylic acids is 1. The molecule has 17 heavy (non-hydrogen) atoms. The molecule has 1 N–H and O–H groups in total. The second-order valence-electron chi connectivity index (χ2n) is 3.54. The number of carboxylic acid groups (broad SMARTS) is 1. The van der Waals surface area contributed by atoms with Crippen molar-refractivity contribution in [2.24, 2.45) is 0 Å². The van der Waals surface area contributed by atoms with Crippen molar-refractivity contribution in [3.63, 3.8) is 0 Å². The van der Waals surface area contributed by atoms with Gasteiger partial charge in [0.1, 0.15) is 5.75 Å². The number of hydrogen-bond donors (Lipinski definition) is 1. The topological polar surface area (TPSA) is 46.5 Å². The van der Waals surface area contributed by atoms with Gasteiger partial charge in [-0.25, -0.2) is 0 Å². The van der Waals surface area contributed by atoms with Crippen molar-refractivity contribution in [3.05, 3.63) is 41.3 Å². The lowest BCUT2D eigenvalue weighted by Crippen LogP contribution is -1.96. The van der Waals surface area contributed by atoms with Gasteiger partial charge in [0.2, 0.25) is 0 Å². The maximum absolute atomic E-state index is 10.6. The summed E-state index contributed by atoms with van der Waals surface area (Å²) in [6, 6.07) is 11.5. The number of aliphatic carboxylic acids is 1. The molecule has 3 nitrogen and oxygen atoms in total. The Hall–Kier alpha value is -1.81. The maximum Gasteiger partial charge on any atom is 0.308 e. The molecule has 1 heterocycles. The van der Waals surface area contributed by atoms with Crippen LogP contribution in [0.15, 0.2) is 36.4 Å². The number of para-hydroxylation sites is 1. The first-order chi connectivity index (χ1) is 8.20. The molecule has 0 fully saturated rings. The molecule has 0 bridgehead atoms. The number of hydrogen-bond acceptors (Lipinski definition) is 3. The van der Waals surface area contributed by atoms with Gasteiger partial charge in [-0.2, -0.15) is 0 Å². The van der Waals surface area contributed by atoms with Crippen LogP contribution in [0.4, 0.5) is 0 Å². The first-order valence-electron chi connectivity index (χ1n) is 5.14. The van der Waals surface area contributed by atoms with Crippen LogP contribution in [0.1, 0.15) is 4.88 Å². The van der Waals surface area contributed by atoms with Crippen molar-refractivity contribution in [1.29, 1.82) is 0 Å². The second kappa shape index (κ2) is 5.01. The first-order valence-corrected chi connectivity index (χ1v) is 5.96. The molecule has 2 rings (SSSR count). The van der Waals surface area contributed by atoms with Crippen molar-refractivity contribution in [3.8, 4) is 16.2 Å². The molecular formula is C13H12O3S. The fourth-order valence-electron chi connectivity index (χ4n) is 1.61. The Kier molecular flexibility index (Phi) is 3.44. The molecule has 0 saturated carbocycles. The fourth-order valence-corrected chi connectivity index (χ4v) is 2.64. The summed E-state index contributed by atoms with van der Waals surface area (Å²) in [7, 11) is 1.63. The lowest BCUT2D eigenvalue weighted by molar-refractivity contribution is -0.136. The molecule has 88 valence electrons. The van der Waals surface area contributed by atoms with Gasteiger partial charge in [0.15, 0.2) is 0 Å². The van der Waals surface area contributed by atoms with E-state index in [0.717, 1.165) is 21.1 Å². The molecule has 0 saturated heterocycles. The zero-order valence-electron chi connectivity index (χ0n) is 9.34. The van der Waals surface area contributed by atoms with Crippen LogP contribution in [-0.4, -0.2) is 18.2 Å². The van der Waals surface area contributed by atoms with Crippen molar-refractivity contribution in [2.75, 3.05) is 7.11 Å². The third kappa shape index (κ3) is 2.65. The molecule has 4 heteroatoms. The van der Waals surface area contributed by atoms with Gasteiger partial charge in [0.05, 0.1) is 13.5 Å². The quantitative estimate of drug-likeness (QED) is 0.904. The van der Waals surface area contributed by atoms with E-state index in [1.807, 2.05) is 36.4 Å². The minimum Gasteiger partial charge on any atom is -0.496 e. The van der Waals surface area contributed by atoms with Gasteiger partial charge in [0.25, 0.3) is 0 Å². The van der Waals surface area contributed by atoms with E-state index in [1.54, 1.807) is 7.11 Å². The zero-order valence-corrected chi connectivity index (χ0v) is 10.2. The molecule has 1 aromatic heterocycles. The maximum atomic E-state index is 10.6. The van der Waals surface area contributed by atoms with Crippen LogP contribution >= 0.6 is 11.3 Å². The molecule has 1 aromatic carbocycles. The van der Waals surface area contributed by atoms with Gasteiger partial charge >= 0.3 is 5.97 Å². The minimum absolute atomic E-state index is 0.0693. The normalized spacial score (nSPS) is 10.2. The summed E-state index contributed by atoms with van der Waals surface area (Å²) >= 11 is 1.48. The van der Waals surface area contributed by atoms with Crippen LogP contribution in [-0.2, 0) is 11.2 Å². The Balaban J connectivity index is 2.33. The van der Waals surface area contributed by atoms with Crippen molar-refractivity contribution in [2.45, 2.75) is 6.42 Å². The van der Waals surface area contributed by atoms with Gasteiger partial charge in [-0.05, 0) is 24.3 Å². The Labute approximate surface area is 103 Å². The summed E-state index contributed by atoms with van der Waals surface area (Å²) in [5.41, 5.74) is 0.997. The third-order valence-corrected chi connectivity index (χ3v) is 3.48. The highest BCUT2D eigenvalue weighted by Crippen LogP contribution is 2.34. The Morgan fingerprint density at radius 3 is 2.76 bits per heavy atom. The van der Waals surface area contributed by atoms with Crippen LogP contribution in [0.2, 0.25) is 0 Å². The van der Waals surface area contributed by atoms with Gasteiger partial charge in [-0.15, -0.1) is 11.3 Å². The second-order valence-corrected chi connectivity index (χ2v) is 4.71. The number of rotatable bonds is 4. The van der Waals surface area contributed by atoms with Crippen LogP contribution < -0.4 is 4.74 Å². The van der Waals surface area contributed by atoms with E-state index in [2.05, 4.69) is 0 Å². The Morgan fingerprint density at radius 1 is 1.29 bits per heavy atom. The average Bonchev–Trinajstić information content (AvgIpc) is 2.76. The lowest BCUT2D eigenvalue weighted by atomic mass is 10.1. The Bertz CT molecular complexity index is 531. The molecule has 0 atom stereocenters. The molecule has 0 aliphatic heterocycles. The standard InChI is InChI=1S/C13H12O3S/c1-16-11-5-3-2-4-10(11)12-7-6-9(17-12)8-13(14)15/h2-7H,8H2,1H3,(H,14,15). The number of benzene rings is 1. The van der Waals surface area contributed by atoms with E-state index >= 15 is 0 Å². The fraction of sp³-hybridized carbons (Fsp3) is 0.154.